The maximum Gasteiger partial charge on any atom is 0.191 e. The molecule has 0 fully saturated rings. The molecule has 0 bridgehead atoms. The molecule has 0 saturated carbocycles. The molecule has 8 heteroatoms. The van der Waals surface area contributed by atoms with Gasteiger partial charge >= 0.3 is 0 Å². The number of guanidine groups is 1. The minimum absolute atomic E-state index is 0. The quantitative estimate of drug-likeness (QED) is 0.285. The van der Waals surface area contributed by atoms with Gasteiger partial charge in [-0.25, -0.2) is 4.39 Å². The maximum atomic E-state index is 13.3. The van der Waals surface area contributed by atoms with Crippen LogP contribution in [0.25, 0.3) is 0 Å². The van der Waals surface area contributed by atoms with Crippen molar-refractivity contribution in [2.75, 3.05) is 19.6 Å². The lowest BCUT2D eigenvalue weighted by Gasteiger charge is -2.20. The molecule has 0 aliphatic carbocycles. The molecule has 0 spiro atoms. The van der Waals surface area contributed by atoms with Gasteiger partial charge in [0.05, 0.1) is 19.4 Å². The van der Waals surface area contributed by atoms with Gasteiger partial charge in [0, 0.05) is 12.6 Å². The van der Waals surface area contributed by atoms with Crippen molar-refractivity contribution in [3.63, 3.8) is 0 Å². The fraction of sp³-hybridized carbons (Fsp3) is 0.421. The second-order valence-electron chi connectivity index (χ2n) is 5.74. The van der Waals surface area contributed by atoms with E-state index in [9.17, 15) is 9.50 Å². The molecule has 2 unspecified atom stereocenters. The van der Waals surface area contributed by atoms with Crippen LogP contribution >= 0.6 is 24.0 Å². The molecule has 2 atom stereocenters. The number of aliphatic hydroxyl groups is 1. The van der Waals surface area contributed by atoms with Crippen LogP contribution in [0.1, 0.15) is 32.1 Å². The molecule has 6 nitrogen and oxygen atoms in total. The summed E-state index contributed by atoms with van der Waals surface area (Å²) in [5, 5.41) is 16.4. The summed E-state index contributed by atoms with van der Waals surface area (Å²) in [7, 11) is 0. The van der Waals surface area contributed by atoms with Gasteiger partial charge in [0.25, 0.3) is 0 Å². The smallest absolute Gasteiger partial charge is 0.191 e. The van der Waals surface area contributed by atoms with E-state index in [-0.39, 0.29) is 42.4 Å². The zero-order valence-corrected chi connectivity index (χ0v) is 17.9. The lowest BCUT2D eigenvalue weighted by atomic mass is 10.2. The largest absolute Gasteiger partial charge is 0.489 e. The number of nitrogens with one attached hydrogen (secondary N) is 2. The van der Waals surface area contributed by atoms with Crippen molar-refractivity contribution in [1.82, 2.24) is 10.6 Å². The number of benzene rings is 1. The van der Waals surface area contributed by atoms with Crippen molar-refractivity contribution in [1.29, 1.82) is 0 Å². The van der Waals surface area contributed by atoms with Gasteiger partial charge in [-0.15, -0.1) is 24.0 Å². The molecule has 1 aromatic carbocycles. The van der Waals surface area contributed by atoms with Crippen LogP contribution in [0.4, 0.5) is 4.39 Å². The minimum Gasteiger partial charge on any atom is -0.489 e. The summed E-state index contributed by atoms with van der Waals surface area (Å²) in [4.78, 5) is 4.37. The van der Waals surface area contributed by atoms with Gasteiger partial charge in [-0.05, 0) is 37.6 Å². The van der Waals surface area contributed by atoms with Crippen molar-refractivity contribution in [3.8, 4) is 5.75 Å². The molecule has 0 radical (unpaired) electrons. The third kappa shape index (κ3) is 8.17. The first-order chi connectivity index (χ1) is 12.6. The zero-order chi connectivity index (χ0) is 18.8. The van der Waals surface area contributed by atoms with Gasteiger partial charge in [0.2, 0.25) is 0 Å². The number of hydrogen-bond donors (Lipinski definition) is 3. The fourth-order valence-electron chi connectivity index (χ4n) is 2.30. The Morgan fingerprint density at radius 2 is 2.07 bits per heavy atom. The molecule has 27 heavy (non-hydrogen) atoms. The van der Waals surface area contributed by atoms with Crippen LogP contribution in [0.5, 0.6) is 5.75 Å². The molecule has 2 aromatic rings. The minimum atomic E-state index is -0.800. The molecular weight excluding hydrogens is 464 g/mol. The summed E-state index contributed by atoms with van der Waals surface area (Å²) in [6.07, 6.45) is 1.32. The van der Waals surface area contributed by atoms with Crippen LogP contribution in [0.3, 0.4) is 0 Å². The molecule has 2 rings (SSSR count). The molecule has 0 aliphatic heterocycles. The van der Waals surface area contributed by atoms with Gasteiger partial charge in [-0.3, -0.25) is 4.99 Å². The lowest BCUT2D eigenvalue weighted by molar-refractivity contribution is 0.158. The van der Waals surface area contributed by atoms with Crippen molar-refractivity contribution < 1.29 is 18.7 Å². The highest BCUT2D eigenvalue weighted by Crippen LogP contribution is 2.15. The maximum absolute atomic E-state index is 13.3. The van der Waals surface area contributed by atoms with Crippen molar-refractivity contribution in [3.05, 3.63) is 54.2 Å². The number of aliphatic imine (C=N–C) groups is 1. The van der Waals surface area contributed by atoms with Crippen molar-refractivity contribution in [2.45, 2.75) is 32.5 Å². The molecule has 150 valence electrons. The number of aliphatic hydroxyl groups excluding tert-OH is 1. The number of rotatable bonds is 9. The van der Waals surface area contributed by atoms with Crippen molar-refractivity contribution >= 4 is 29.9 Å². The number of hydrogen-bond acceptors (Lipinski definition) is 4. The van der Waals surface area contributed by atoms with E-state index in [0.29, 0.717) is 30.6 Å². The zero-order valence-electron chi connectivity index (χ0n) is 15.5. The molecule has 0 amide bonds. The topological polar surface area (TPSA) is 79.0 Å². The van der Waals surface area contributed by atoms with Gasteiger partial charge in [0.15, 0.2) is 5.96 Å². The molecule has 3 N–H and O–H groups in total. The Hall–Kier alpha value is -1.81. The molecule has 1 heterocycles. The van der Waals surface area contributed by atoms with Crippen LogP contribution in [0.2, 0.25) is 0 Å². The Bertz CT molecular complexity index is 683. The van der Waals surface area contributed by atoms with Crippen LogP contribution < -0.4 is 15.4 Å². The Morgan fingerprint density at radius 3 is 2.70 bits per heavy atom. The summed E-state index contributed by atoms with van der Waals surface area (Å²) >= 11 is 0. The second kappa shape index (κ2) is 12.6. The third-order valence-electron chi connectivity index (χ3n) is 3.69. The number of furan rings is 1. The SMILES string of the molecule is CCNC(=NCC(O)c1ccco1)NCC(CC)Oc1cccc(F)c1.I. The highest BCUT2D eigenvalue weighted by Gasteiger charge is 2.12. The Balaban J connectivity index is 0.00000364. The number of halogens is 2. The van der Waals surface area contributed by atoms with E-state index >= 15 is 0 Å². The summed E-state index contributed by atoms with van der Waals surface area (Å²) in [5.74, 6) is 1.21. The van der Waals surface area contributed by atoms with Crippen LogP contribution in [0, 0.1) is 5.82 Å². The number of ether oxygens (including phenoxy) is 1. The summed E-state index contributed by atoms with van der Waals surface area (Å²) in [6, 6.07) is 9.52. The first kappa shape index (κ1) is 23.2. The third-order valence-corrected chi connectivity index (χ3v) is 3.69. The molecular formula is C19H27FIN3O3. The number of nitrogens with zero attached hydrogens (tertiary/aromatic N) is 1. The van der Waals surface area contributed by atoms with E-state index < -0.39 is 6.10 Å². The van der Waals surface area contributed by atoms with E-state index in [2.05, 4.69) is 15.6 Å². The van der Waals surface area contributed by atoms with E-state index in [4.69, 9.17) is 9.15 Å². The fourth-order valence-corrected chi connectivity index (χ4v) is 2.30. The standard InChI is InChI=1S/C19H26FN3O3.HI/c1-3-15(26-16-8-5-7-14(20)11-16)12-22-19(21-4-2)23-13-17(24)18-9-6-10-25-18;/h5-11,15,17,24H,3-4,12-13H2,1-2H3,(H2,21,22,23);1H. The van der Waals surface area contributed by atoms with Gasteiger partial charge in [0.1, 0.15) is 29.5 Å². The lowest BCUT2D eigenvalue weighted by Crippen LogP contribution is -2.42. The van der Waals surface area contributed by atoms with Gasteiger partial charge < -0.3 is 24.9 Å². The Morgan fingerprint density at radius 1 is 1.26 bits per heavy atom. The summed E-state index contributed by atoms with van der Waals surface area (Å²) < 4.78 is 24.2. The van der Waals surface area contributed by atoms with E-state index in [1.54, 1.807) is 24.3 Å². The Labute approximate surface area is 176 Å². The normalized spacial score (nSPS) is 13.4. The van der Waals surface area contributed by atoms with E-state index in [0.717, 1.165) is 6.42 Å². The Kier molecular flexibility index (Phi) is 10.8. The predicted octanol–water partition coefficient (Wildman–Crippen LogP) is 3.48. The average Bonchev–Trinajstić information content (AvgIpc) is 3.17. The first-order valence-corrected chi connectivity index (χ1v) is 8.78. The van der Waals surface area contributed by atoms with Crippen LogP contribution in [0.15, 0.2) is 52.1 Å². The van der Waals surface area contributed by atoms with E-state index in [1.165, 1.54) is 18.4 Å². The van der Waals surface area contributed by atoms with Crippen LogP contribution in [-0.4, -0.2) is 36.8 Å². The molecule has 0 saturated heterocycles. The monoisotopic (exact) mass is 491 g/mol. The highest BCUT2D eigenvalue weighted by molar-refractivity contribution is 14.0. The molecule has 0 aliphatic rings. The summed E-state index contributed by atoms with van der Waals surface area (Å²) in [5.41, 5.74) is 0. The first-order valence-electron chi connectivity index (χ1n) is 8.78. The second-order valence-corrected chi connectivity index (χ2v) is 5.74. The molecule has 1 aromatic heterocycles. The van der Waals surface area contributed by atoms with Gasteiger partial charge in [-0.1, -0.05) is 13.0 Å². The average molecular weight is 491 g/mol. The highest BCUT2D eigenvalue weighted by atomic mass is 127. The van der Waals surface area contributed by atoms with Crippen molar-refractivity contribution in [2.24, 2.45) is 4.99 Å². The van der Waals surface area contributed by atoms with Gasteiger partial charge in [-0.2, -0.15) is 0 Å². The van der Waals surface area contributed by atoms with E-state index in [1.807, 2.05) is 13.8 Å². The summed E-state index contributed by atoms with van der Waals surface area (Å²) in [6.45, 7) is 5.31. The predicted molar refractivity (Wildman–Crippen MR) is 114 cm³/mol. The van der Waals surface area contributed by atoms with Crippen LogP contribution in [-0.2, 0) is 0 Å².